The molecule has 0 aliphatic carbocycles. The van der Waals surface area contributed by atoms with Gasteiger partial charge < -0.3 is 15.0 Å². The highest BCUT2D eigenvalue weighted by Gasteiger charge is 2.27. The normalized spacial score (nSPS) is 17.8. The van der Waals surface area contributed by atoms with Crippen molar-refractivity contribution in [3.05, 3.63) is 35.4 Å². The van der Waals surface area contributed by atoms with Crippen molar-refractivity contribution in [3.63, 3.8) is 0 Å². The molecule has 2 amide bonds. The van der Waals surface area contributed by atoms with Gasteiger partial charge in [-0.25, -0.2) is 4.79 Å². The van der Waals surface area contributed by atoms with Gasteiger partial charge in [0, 0.05) is 30.3 Å². The smallest absolute Gasteiger partial charge is 0.407 e. The second kappa shape index (κ2) is 7.39. The number of rotatable bonds is 2. The molecule has 0 radical (unpaired) electrons. The minimum Gasteiger partial charge on any atom is -0.444 e. The second-order valence-corrected chi connectivity index (χ2v) is 6.96. The maximum Gasteiger partial charge on any atom is 0.407 e. The van der Waals surface area contributed by atoms with E-state index in [4.69, 9.17) is 11.2 Å². The third-order valence-electron chi connectivity index (χ3n) is 3.71. The number of alkyl carbamates (subject to hydrolysis) is 1. The molecule has 0 saturated carbocycles. The fourth-order valence-corrected chi connectivity index (χ4v) is 2.68. The molecule has 0 spiro atoms. The molecule has 5 heteroatoms. The number of terminal acetylenes is 1. The van der Waals surface area contributed by atoms with Gasteiger partial charge in [0.2, 0.25) is 0 Å². The molecular formula is C19H24N2O3. The summed E-state index contributed by atoms with van der Waals surface area (Å²) in [5.74, 6) is 2.47. The van der Waals surface area contributed by atoms with E-state index in [1.807, 2.05) is 20.8 Å². The van der Waals surface area contributed by atoms with Crippen LogP contribution in [0.4, 0.5) is 4.79 Å². The summed E-state index contributed by atoms with van der Waals surface area (Å²) in [7, 11) is 0. The molecule has 5 nitrogen and oxygen atoms in total. The highest BCUT2D eigenvalue weighted by molar-refractivity contribution is 5.94. The van der Waals surface area contributed by atoms with E-state index in [9.17, 15) is 9.59 Å². The van der Waals surface area contributed by atoms with Gasteiger partial charge in [0.15, 0.2) is 0 Å². The fraction of sp³-hybridized carbons (Fsp3) is 0.474. The lowest BCUT2D eigenvalue weighted by molar-refractivity contribution is 0.0452. The van der Waals surface area contributed by atoms with Gasteiger partial charge in [-0.3, -0.25) is 4.79 Å². The van der Waals surface area contributed by atoms with Gasteiger partial charge >= 0.3 is 6.09 Å². The summed E-state index contributed by atoms with van der Waals surface area (Å²) < 4.78 is 5.28. The van der Waals surface area contributed by atoms with Crippen LogP contribution in [0.1, 0.15) is 49.5 Å². The van der Waals surface area contributed by atoms with E-state index in [0.29, 0.717) is 24.2 Å². The van der Waals surface area contributed by atoms with Crippen molar-refractivity contribution in [2.24, 2.45) is 0 Å². The molecular weight excluding hydrogens is 304 g/mol. The lowest BCUT2D eigenvalue weighted by Crippen LogP contribution is -2.50. The van der Waals surface area contributed by atoms with Crippen LogP contribution in [0, 0.1) is 12.3 Å². The summed E-state index contributed by atoms with van der Waals surface area (Å²) in [5.41, 5.74) is 0.717. The van der Waals surface area contributed by atoms with Crippen LogP contribution in [-0.4, -0.2) is 41.6 Å². The van der Waals surface area contributed by atoms with Crippen molar-refractivity contribution in [1.82, 2.24) is 10.2 Å². The Morgan fingerprint density at radius 3 is 2.79 bits per heavy atom. The van der Waals surface area contributed by atoms with Gasteiger partial charge in [-0.2, -0.15) is 0 Å². The number of carbonyl (C=O) groups is 2. The molecule has 1 N–H and O–H groups in total. The summed E-state index contributed by atoms with van der Waals surface area (Å²) in [6, 6.07) is 6.94. The first-order valence-electron chi connectivity index (χ1n) is 8.14. The summed E-state index contributed by atoms with van der Waals surface area (Å²) >= 11 is 0. The Morgan fingerprint density at radius 2 is 2.12 bits per heavy atom. The first kappa shape index (κ1) is 17.9. The zero-order valence-corrected chi connectivity index (χ0v) is 14.5. The van der Waals surface area contributed by atoms with E-state index in [1.165, 1.54) is 0 Å². The fourth-order valence-electron chi connectivity index (χ4n) is 2.68. The number of benzene rings is 1. The summed E-state index contributed by atoms with van der Waals surface area (Å²) in [5, 5.41) is 2.85. The van der Waals surface area contributed by atoms with Crippen LogP contribution < -0.4 is 5.32 Å². The van der Waals surface area contributed by atoms with Crippen molar-refractivity contribution in [2.45, 2.75) is 45.3 Å². The van der Waals surface area contributed by atoms with Crippen molar-refractivity contribution >= 4 is 12.0 Å². The third kappa shape index (κ3) is 5.02. The van der Waals surface area contributed by atoms with Crippen LogP contribution in [0.15, 0.2) is 24.3 Å². The number of carbonyl (C=O) groups excluding carboxylic acids is 2. The average molecular weight is 328 g/mol. The number of hydrogen-bond acceptors (Lipinski definition) is 3. The van der Waals surface area contributed by atoms with Gasteiger partial charge in [0.05, 0.1) is 0 Å². The lowest BCUT2D eigenvalue weighted by atomic mass is 10.0. The van der Waals surface area contributed by atoms with E-state index in [1.54, 1.807) is 29.2 Å². The number of ether oxygens (including phenoxy) is 1. The molecule has 128 valence electrons. The van der Waals surface area contributed by atoms with Crippen LogP contribution in [0.2, 0.25) is 0 Å². The van der Waals surface area contributed by atoms with Gasteiger partial charge in [-0.05, 0) is 51.8 Å². The zero-order chi connectivity index (χ0) is 17.7. The Balaban J connectivity index is 1.98. The molecule has 1 aromatic rings. The lowest BCUT2D eigenvalue weighted by Gasteiger charge is -2.33. The van der Waals surface area contributed by atoms with Crippen LogP contribution in [0.5, 0.6) is 0 Å². The van der Waals surface area contributed by atoms with Crippen molar-refractivity contribution < 1.29 is 14.3 Å². The largest absolute Gasteiger partial charge is 0.444 e. The molecule has 0 unspecified atom stereocenters. The minimum atomic E-state index is -0.538. The third-order valence-corrected chi connectivity index (χ3v) is 3.71. The summed E-state index contributed by atoms with van der Waals surface area (Å²) in [6.07, 6.45) is 6.60. The summed E-state index contributed by atoms with van der Waals surface area (Å²) in [4.78, 5) is 26.3. The molecule has 1 heterocycles. The molecule has 0 bridgehead atoms. The van der Waals surface area contributed by atoms with E-state index < -0.39 is 11.7 Å². The Kier molecular flexibility index (Phi) is 5.50. The quantitative estimate of drug-likeness (QED) is 0.849. The molecule has 2 rings (SSSR count). The molecule has 1 atom stereocenters. The molecule has 0 aromatic heterocycles. The molecule has 1 aliphatic rings. The van der Waals surface area contributed by atoms with E-state index in [0.717, 1.165) is 12.8 Å². The Morgan fingerprint density at radius 1 is 1.38 bits per heavy atom. The maximum atomic E-state index is 12.6. The average Bonchev–Trinajstić information content (AvgIpc) is 2.52. The van der Waals surface area contributed by atoms with Crippen LogP contribution >= 0.6 is 0 Å². The topological polar surface area (TPSA) is 58.6 Å². The van der Waals surface area contributed by atoms with Gasteiger partial charge in [-0.15, -0.1) is 6.42 Å². The minimum absolute atomic E-state index is 0.0669. The van der Waals surface area contributed by atoms with Crippen LogP contribution in [0.25, 0.3) is 0 Å². The molecule has 1 aliphatic heterocycles. The predicted octanol–water partition coefficient (Wildman–Crippen LogP) is 2.80. The Labute approximate surface area is 143 Å². The molecule has 24 heavy (non-hydrogen) atoms. The predicted molar refractivity (Wildman–Crippen MR) is 92.7 cm³/mol. The van der Waals surface area contributed by atoms with E-state index >= 15 is 0 Å². The van der Waals surface area contributed by atoms with E-state index in [2.05, 4.69) is 11.2 Å². The first-order valence-corrected chi connectivity index (χ1v) is 8.14. The SMILES string of the molecule is C#Cc1cccc(C(=O)N2CCC[C@H](NC(=O)OC(C)(C)C)C2)c1. The Bertz CT molecular complexity index is 655. The molecule has 1 fully saturated rings. The van der Waals surface area contributed by atoms with Gasteiger partial charge in [-0.1, -0.05) is 12.0 Å². The van der Waals surface area contributed by atoms with Crippen LogP contribution in [0.3, 0.4) is 0 Å². The number of nitrogens with zero attached hydrogens (tertiary/aromatic N) is 1. The van der Waals surface area contributed by atoms with Crippen molar-refractivity contribution in [3.8, 4) is 12.3 Å². The maximum absolute atomic E-state index is 12.6. The van der Waals surface area contributed by atoms with Crippen molar-refractivity contribution in [1.29, 1.82) is 0 Å². The van der Waals surface area contributed by atoms with Crippen molar-refractivity contribution in [2.75, 3.05) is 13.1 Å². The zero-order valence-electron chi connectivity index (χ0n) is 14.5. The van der Waals surface area contributed by atoms with Gasteiger partial charge in [0.1, 0.15) is 5.60 Å². The number of likely N-dealkylation sites (tertiary alicyclic amines) is 1. The molecule has 1 saturated heterocycles. The van der Waals surface area contributed by atoms with Gasteiger partial charge in [0.25, 0.3) is 5.91 Å². The standard InChI is InChI=1S/C19H24N2O3/c1-5-14-8-6-9-15(12-14)17(22)21-11-7-10-16(13-21)20-18(23)24-19(2,3)4/h1,6,8-9,12,16H,7,10-11,13H2,2-4H3,(H,20,23)/t16-/m0/s1. The highest BCUT2D eigenvalue weighted by Crippen LogP contribution is 2.16. The molecule has 1 aromatic carbocycles. The number of hydrogen-bond donors (Lipinski definition) is 1. The summed E-state index contributed by atoms with van der Waals surface area (Å²) in [6.45, 7) is 6.61. The monoisotopic (exact) mass is 328 g/mol. The first-order chi connectivity index (χ1) is 11.3. The van der Waals surface area contributed by atoms with Crippen LogP contribution in [-0.2, 0) is 4.74 Å². The highest BCUT2D eigenvalue weighted by atomic mass is 16.6. The number of piperidine rings is 1. The number of amides is 2. The number of nitrogens with one attached hydrogen (secondary N) is 1. The Hall–Kier alpha value is -2.48. The second-order valence-electron chi connectivity index (χ2n) is 6.96. The van der Waals surface area contributed by atoms with E-state index in [-0.39, 0.29) is 11.9 Å².